The largest absolute Gasteiger partial charge is 0.476 e. The molecule has 3 heterocycles. The first-order chi connectivity index (χ1) is 10.0. The van der Waals surface area contributed by atoms with E-state index < -0.39 is 5.97 Å². The van der Waals surface area contributed by atoms with Crippen LogP contribution in [0.4, 0.5) is 0 Å². The Labute approximate surface area is 122 Å². The summed E-state index contributed by atoms with van der Waals surface area (Å²) in [5, 5.41) is 8.97. The summed E-state index contributed by atoms with van der Waals surface area (Å²) in [5.74, 6) is -0.486. The Morgan fingerprint density at radius 1 is 1.24 bits per heavy atom. The fourth-order valence-electron chi connectivity index (χ4n) is 2.88. The Bertz CT molecular complexity index is 699. The predicted octanol–water partition coefficient (Wildman–Crippen LogP) is 1.76. The molecular weight excluding hydrogens is 270 g/mol. The summed E-state index contributed by atoms with van der Waals surface area (Å²) >= 11 is 0. The fourth-order valence-corrected chi connectivity index (χ4v) is 2.88. The second-order valence-corrected chi connectivity index (χ2v) is 5.44. The molecule has 1 saturated heterocycles. The van der Waals surface area contributed by atoms with Crippen LogP contribution in [0.15, 0.2) is 24.5 Å². The topological polar surface area (TPSA) is 74.9 Å². The van der Waals surface area contributed by atoms with E-state index in [1.807, 2.05) is 23.2 Å². The summed E-state index contributed by atoms with van der Waals surface area (Å²) < 4.78 is 1.76. The van der Waals surface area contributed by atoms with E-state index in [0.29, 0.717) is 11.6 Å². The molecule has 0 aliphatic carbocycles. The van der Waals surface area contributed by atoms with Gasteiger partial charge in [-0.05, 0) is 30.4 Å². The van der Waals surface area contributed by atoms with Gasteiger partial charge in [0.05, 0.1) is 0 Å². The highest BCUT2D eigenvalue weighted by molar-refractivity contribution is 5.86. The summed E-state index contributed by atoms with van der Waals surface area (Å²) in [6.07, 6.45) is 5.35. The maximum Gasteiger partial charge on any atom is 0.356 e. The number of hydrogen-bond acceptors (Lipinski definition) is 3. The van der Waals surface area contributed by atoms with Gasteiger partial charge in [-0.3, -0.25) is 4.79 Å². The van der Waals surface area contributed by atoms with Crippen LogP contribution in [-0.4, -0.2) is 44.4 Å². The molecule has 1 aliphatic heterocycles. The van der Waals surface area contributed by atoms with Crippen molar-refractivity contribution in [1.29, 1.82) is 0 Å². The lowest BCUT2D eigenvalue weighted by atomic mass is 9.90. The minimum absolute atomic E-state index is 0.0542. The number of rotatable bonds is 2. The molecule has 3 rings (SSSR count). The van der Waals surface area contributed by atoms with Crippen LogP contribution in [0.2, 0.25) is 0 Å². The van der Waals surface area contributed by atoms with Gasteiger partial charge in [-0.15, -0.1) is 0 Å². The van der Waals surface area contributed by atoms with Crippen LogP contribution in [0.25, 0.3) is 5.65 Å². The zero-order valence-electron chi connectivity index (χ0n) is 11.8. The molecule has 0 bridgehead atoms. The van der Waals surface area contributed by atoms with Crippen LogP contribution in [0.3, 0.4) is 0 Å². The van der Waals surface area contributed by atoms with Crippen molar-refractivity contribution in [1.82, 2.24) is 14.3 Å². The number of fused-ring (bicyclic) bond motifs is 1. The lowest BCUT2D eigenvalue weighted by Crippen LogP contribution is -2.36. The first kappa shape index (κ1) is 13.6. The SMILES string of the molecule is CC(=O)N1CCC(c2ccc3nc(C(=O)O)cn3c2)CC1. The molecule has 0 aromatic carbocycles. The molecule has 2 aromatic rings. The molecule has 21 heavy (non-hydrogen) atoms. The number of pyridine rings is 1. The molecule has 2 aromatic heterocycles. The van der Waals surface area contributed by atoms with Gasteiger partial charge in [0, 0.05) is 32.4 Å². The number of hydrogen-bond donors (Lipinski definition) is 1. The minimum atomic E-state index is -1.02. The average Bonchev–Trinajstić information content (AvgIpc) is 2.90. The molecular formula is C15H17N3O3. The third-order valence-electron chi connectivity index (χ3n) is 4.10. The zero-order valence-corrected chi connectivity index (χ0v) is 11.8. The van der Waals surface area contributed by atoms with Crippen molar-refractivity contribution in [3.8, 4) is 0 Å². The summed E-state index contributed by atoms with van der Waals surface area (Å²) in [6.45, 7) is 3.16. The monoisotopic (exact) mass is 287 g/mol. The molecule has 0 unspecified atom stereocenters. The van der Waals surface area contributed by atoms with Gasteiger partial charge in [0.2, 0.25) is 5.91 Å². The highest BCUT2D eigenvalue weighted by Gasteiger charge is 2.22. The van der Waals surface area contributed by atoms with Crippen molar-refractivity contribution in [2.75, 3.05) is 13.1 Å². The van der Waals surface area contributed by atoms with Crippen molar-refractivity contribution in [2.24, 2.45) is 0 Å². The van der Waals surface area contributed by atoms with Crippen LogP contribution in [0.5, 0.6) is 0 Å². The second-order valence-electron chi connectivity index (χ2n) is 5.44. The van der Waals surface area contributed by atoms with Crippen LogP contribution in [0, 0.1) is 0 Å². The van der Waals surface area contributed by atoms with E-state index in [4.69, 9.17) is 5.11 Å². The van der Waals surface area contributed by atoms with Crippen LogP contribution >= 0.6 is 0 Å². The Morgan fingerprint density at radius 2 is 1.95 bits per heavy atom. The van der Waals surface area contributed by atoms with Crippen LogP contribution in [-0.2, 0) is 4.79 Å². The summed E-state index contributed by atoms with van der Waals surface area (Å²) in [5.41, 5.74) is 1.86. The highest BCUT2D eigenvalue weighted by Crippen LogP contribution is 2.28. The number of imidazole rings is 1. The van der Waals surface area contributed by atoms with E-state index in [2.05, 4.69) is 4.98 Å². The third kappa shape index (κ3) is 2.61. The first-order valence-electron chi connectivity index (χ1n) is 7.02. The molecule has 0 spiro atoms. The minimum Gasteiger partial charge on any atom is -0.476 e. The molecule has 1 aliphatic rings. The zero-order chi connectivity index (χ0) is 15.0. The Kier molecular flexibility index (Phi) is 3.37. The molecule has 0 saturated carbocycles. The molecule has 1 amide bonds. The van der Waals surface area contributed by atoms with Crippen molar-refractivity contribution in [2.45, 2.75) is 25.7 Å². The van der Waals surface area contributed by atoms with Gasteiger partial charge in [0.25, 0.3) is 0 Å². The third-order valence-corrected chi connectivity index (χ3v) is 4.10. The maximum atomic E-state index is 11.3. The van der Waals surface area contributed by atoms with Crippen LogP contribution < -0.4 is 0 Å². The Balaban J connectivity index is 1.81. The van der Waals surface area contributed by atoms with E-state index in [0.717, 1.165) is 25.9 Å². The van der Waals surface area contributed by atoms with Crippen molar-refractivity contribution < 1.29 is 14.7 Å². The lowest BCUT2D eigenvalue weighted by molar-refractivity contribution is -0.129. The van der Waals surface area contributed by atoms with E-state index in [-0.39, 0.29) is 11.6 Å². The molecule has 6 nitrogen and oxygen atoms in total. The number of likely N-dealkylation sites (tertiary alicyclic amines) is 1. The number of amides is 1. The number of carboxylic acid groups (broad SMARTS) is 1. The van der Waals surface area contributed by atoms with E-state index in [1.165, 1.54) is 11.8 Å². The maximum absolute atomic E-state index is 11.3. The fraction of sp³-hybridized carbons (Fsp3) is 0.400. The van der Waals surface area contributed by atoms with Gasteiger partial charge in [-0.25, -0.2) is 9.78 Å². The Morgan fingerprint density at radius 3 is 2.57 bits per heavy atom. The molecule has 0 radical (unpaired) electrons. The first-order valence-corrected chi connectivity index (χ1v) is 7.02. The van der Waals surface area contributed by atoms with Crippen molar-refractivity contribution in [3.63, 3.8) is 0 Å². The van der Waals surface area contributed by atoms with Gasteiger partial charge in [-0.1, -0.05) is 6.07 Å². The summed E-state index contributed by atoms with van der Waals surface area (Å²) in [7, 11) is 0. The highest BCUT2D eigenvalue weighted by atomic mass is 16.4. The smallest absolute Gasteiger partial charge is 0.356 e. The number of aromatic carboxylic acids is 1. The predicted molar refractivity (Wildman–Crippen MR) is 76.4 cm³/mol. The number of carbonyl (C=O) groups excluding carboxylic acids is 1. The summed E-state index contributed by atoms with van der Waals surface area (Å²) in [4.78, 5) is 28.2. The molecule has 6 heteroatoms. The molecule has 0 atom stereocenters. The van der Waals surface area contributed by atoms with Gasteiger partial charge in [0.15, 0.2) is 5.69 Å². The van der Waals surface area contributed by atoms with Crippen molar-refractivity contribution in [3.05, 3.63) is 35.8 Å². The number of aromatic nitrogens is 2. The molecule has 1 fully saturated rings. The number of carbonyl (C=O) groups is 2. The van der Waals surface area contributed by atoms with E-state index in [1.54, 1.807) is 11.3 Å². The number of carboxylic acids is 1. The molecule has 1 N–H and O–H groups in total. The molecule has 110 valence electrons. The standard InChI is InChI=1S/C15H17N3O3/c1-10(19)17-6-4-11(5-7-17)12-2-3-14-16-13(15(20)21)9-18(14)8-12/h2-3,8-9,11H,4-7H2,1H3,(H,20,21). The van der Waals surface area contributed by atoms with E-state index in [9.17, 15) is 9.59 Å². The summed E-state index contributed by atoms with van der Waals surface area (Å²) in [6, 6.07) is 3.85. The lowest BCUT2D eigenvalue weighted by Gasteiger charge is -2.31. The average molecular weight is 287 g/mol. The van der Waals surface area contributed by atoms with Gasteiger partial charge in [0.1, 0.15) is 5.65 Å². The van der Waals surface area contributed by atoms with Gasteiger partial charge < -0.3 is 14.4 Å². The number of nitrogens with zero attached hydrogens (tertiary/aromatic N) is 3. The van der Waals surface area contributed by atoms with Crippen LogP contribution in [0.1, 0.15) is 41.7 Å². The van der Waals surface area contributed by atoms with Crippen molar-refractivity contribution >= 4 is 17.5 Å². The number of piperidine rings is 1. The van der Waals surface area contributed by atoms with E-state index >= 15 is 0 Å². The normalized spacial score (nSPS) is 16.3. The van der Waals surface area contributed by atoms with Gasteiger partial charge >= 0.3 is 5.97 Å². The second kappa shape index (κ2) is 5.20. The van der Waals surface area contributed by atoms with Gasteiger partial charge in [-0.2, -0.15) is 0 Å². The quantitative estimate of drug-likeness (QED) is 0.913. The Hall–Kier alpha value is -2.37.